The second-order valence-electron chi connectivity index (χ2n) is 5.06. The van der Waals surface area contributed by atoms with Gasteiger partial charge in [-0.05, 0) is 30.7 Å². The van der Waals surface area contributed by atoms with E-state index < -0.39 is 0 Å². The molecule has 0 aliphatic rings. The fraction of sp³-hybridized carbons (Fsp3) is 0.316. The Labute approximate surface area is 147 Å². The van der Waals surface area contributed by atoms with Crippen LogP contribution in [0.1, 0.15) is 19.8 Å². The Hall–Kier alpha value is -1.39. The lowest BCUT2D eigenvalue weighted by molar-refractivity contribution is -0.142. The zero-order valence-electron chi connectivity index (χ0n) is 13.3. The Morgan fingerprint density at radius 1 is 1.00 bits per heavy atom. The summed E-state index contributed by atoms with van der Waals surface area (Å²) in [7, 11) is 0. The number of hydrogen-bond donors (Lipinski definition) is 0. The van der Waals surface area contributed by atoms with Crippen LogP contribution < -0.4 is 0 Å². The summed E-state index contributed by atoms with van der Waals surface area (Å²) in [5.41, 5.74) is 0. The first-order valence-electron chi connectivity index (χ1n) is 7.85. The number of unbranched alkanes of at least 4 members (excludes halogenated alkanes) is 1. The van der Waals surface area contributed by atoms with Crippen molar-refractivity contribution >= 4 is 29.5 Å². The van der Waals surface area contributed by atoms with Crippen molar-refractivity contribution in [3.63, 3.8) is 0 Å². The smallest absolute Gasteiger partial charge is 0.320 e. The molecule has 0 spiro atoms. The SMILES string of the molecule is CCCCOC(=O)C(CSc1ccccc1)Sc1ccccc1. The molecule has 0 bridgehead atoms. The number of thioether (sulfide) groups is 2. The molecule has 0 radical (unpaired) electrons. The Kier molecular flexibility index (Phi) is 8.12. The average Bonchev–Trinajstić information content (AvgIpc) is 2.60. The van der Waals surface area contributed by atoms with Gasteiger partial charge in [0, 0.05) is 15.5 Å². The second kappa shape index (κ2) is 10.4. The van der Waals surface area contributed by atoms with Crippen molar-refractivity contribution in [1.82, 2.24) is 0 Å². The number of carbonyl (C=O) groups is 1. The lowest BCUT2D eigenvalue weighted by Gasteiger charge is -2.15. The van der Waals surface area contributed by atoms with E-state index in [9.17, 15) is 4.79 Å². The van der Waals surface area contributed by atoms with Crippen molar-refractivity contribution in [1.29, 1.82) is 0 Å². The summed E-state index contributed by atoms with van der Waals surface area (Å²) >= 11 is 3.27. The average molecular weight is 347 g/mol. The van der Waals surface area contributed by atoms with Crippen molar-refractivity contribution in [2.24, 2.45) is 0 Å². The molecule has 1 unspecified atom stereocenters. The van der Waals surface area contributed by atoms with Gasteiger partial charge in [-0.3, -0.25) is 4.79 Å². The Balaban J connectivity index is 1.96. The van der Waals surface area contributed by atoms with Crippen LogP contribution in [0.4, 0.5) is 0 Å². The van der Waals surface area contributed by atoms with Crippen LogP contribution in [0.2, 0.25) is 0 Å². The van der Waals surface area contributed by atoms with E-state index >= 15 is 0 Å². The lowest BCUT2D eigenvalue weighted by Crippen LogP contribution is -2.23. The van der Waals surface area contributed by atoms with E-state index in [2.05, 4.69) is 19.1 Å². The highest BCUT2D eigenvalue weighted by Gasteiger charge is 2.21. The molecule has 2 aromatic carbocycles. The van der Waals surface area contributed by atoms with Crippen LogP contribution in [-0.4, -0.2) is 23.6 Å². The standard InChI is InChI=1S/C19H22O2S2/c1-2-3-14-21-19(20)18(23-17-12-8-5-9-13-17)15-22-16-10-6-4-7-11-16/h4-13,18H,2-3,14-15H2,1H3. The summed E-state index contributed by atoms with van der Waals surface area (Å²) in [4.78, 5) is 14.7. The minimum absolute atomic E-state index is 0.115. The number of hydrogen-bond acceptors (Lipinski definition) is 4. The maximum Gasteiger partial charge on any atom is 0.320 e. The largest absolute Gasteiger partial charge is 0.465 e. The Morgan fingerprint density at radius 3 is 2.22 bits per heavy atom. The van der Waals surface area contributed by atoms with E-state index in [1.807, 2.05) is 48.5 Å². The topological polar surface area (TPSA) is 26.3 Å². The summed E-state index contributed by atoms with van der Waals surface area (Å²) in [5, 5.41) is -0.195. The van der Waals surface area contributed by atoms with Crippen LogP contribution in [0.5, 0.6) is 0 Å². The van der Waals surface area contributed by atoms with Gasteiger partial charge < -0.3 is 4.74 Å². The molecule has 2 aromatic rings. The van der Waals surface area contributed by atoms with Gasteiger partial charge in [0.15, 0.2) is 0 Å². The summed E-state index contributed by atoms with van der Waals surface area (Å²) in [6, 6.07) is 20.2. The second-order valence-corrected chi connectivity index (χ2v) is 7.43. The third-order valence-electron chi connectivity index (χ3n) is 3.17. The van der Waals surface area contributed by atoms with Crippen molar-refractivity contribution in [2.75, 3.05) is 12.4 Å². The van der Waals surface area contributed by atoms with Crippen molar-refractivity contribution in [2.45, 2.75) is 34.8 Å². The van der Waals surface area contributed by atoms with Crippen molar-refractivity contribution in [3.8, 4) is 0 Å². The fourth-order valence-electron chi connectivity index (χ4n) is 1.91. The minimum Gasteiger partial charge on any atom is -0.465 e. The van der Waals surface area contributed by atoms with Crippen molar-refractivity contribution in [3.05, 3.63) is 60.7 Å². The molecule has 2 rings (SSSR count). The van der Waals surface area contributed by atoms with E-state index in [4.69, 9.17) is 4.74 Å². The van der Waals surface area contributed by atoms with Crippen LogP contribution in [-0.2, 0) is 9.53 Å². The molecule has 0 amide bonds. The van der Waals surface area contributed by atoms with E-state index in [-0.39, 0.29) is 11.2 Å². The van der Waals surface area contributed by atoms with Gasteiger partial charge in [0.25, 0.3) is 0 Å². The first-order valence-corrected chi connectivity index (χ1v) is 9.72. The number of esters is 1. The summed E-state index contributed by atoms with van der Waals surface area (Å²) in [6.07, 6.45) is 1.95. The maximum atomic E-state index is 12.4. The van der Waals surface area contributed by atoms with Gasteiger partial charge in [-0.2, -0.15) is 0 Å². The zero-order valence-corrected chi connectivity index (χ0v) is 14.9. The molecule has 0 saturated carbocycles. The van der Waals surface area contributed by atoms with E-state index in [1.165, 1.54) is 4.90 Å². The molecule has 0 saturated heterocycles. The molecular weight excluding hydrogens is 324 g/mol. The van der Waals surface area contributed by atoms with Gasteiger partial charge in [-0.25, -0.2) is 0 Å². The Morgan fingerprint density at radius 2 is 1.61 bits per heavy atom. The summed E-state index contributed by atoms with van der Waals surface area (Å²) in [6.45, 7) is 2.60. The van der Waals surface area contributed by atoms with Gasteiger partial charge in [0.2, 0.25) is 0 Å². The van der Waals surface area contributed by atoms with Crippen LogP contribution >= 0.6 is 23.5 Å². The molecule has 1 atom stereocenters. The number of ether oxygens (including phenoxy) is 1. The molecule has 0 aliphatic heterocycles. The molecule has 0 aliphatic carbocycles. The monoisotopic (exact) mass is 346 g/mol. The van der Waals surface area contributed by atoms with E-state index in [0.717, 1.165) is 17.7 Å². The first-order chi connectivity index (χ1) is 11.3. The van der Waals surface area contributed by atoms with Crippen molar-refractivity contribution < 1.29 is 9.53 Å². The number of carbonyl (C=O) groups excluding carboxylic acids is 1. The summed E-state index contributed by atoms with van der Waals surface area (Å²) < 4.78 is 5.43. The van der Waals surface area contributed by atoms with Crippen LogP contribution in [0.25, 0.3) is 0 Å². The van der Waals surface area contributed by atoms with Crippen LogP contribution in [0.3, 0.4) is 0 Å². The van der Waals surface area contributed by atoms with Gasteiger partial charge in [-0.15, -0.1) is 23.5 Å². The molecule has 4 heteroatoms. The number of rotatable bonds is 9. The predicted octanol–water partition coefficient (Wildman–Crippen LogP) is 5.28. The highest BCUT2D eigenvalue weighted by atomic mass is 32.2. The Bertz CT molecular complexity index is 572. The van der Waals surface area contributed by atoms with Crippen LogP contribution in [0.15, 0.2) is 70.5 Å². The van der Waals surface area contributed by atoms with Gasteiger partial charge in [-0.1, -0.05) is 49.7 Å². The van der Waals surface area contributed by atoms with Gasteiger partial charge >= 0.3 is 5.97 Å². The molecule has 23 heavy (non-hydrogen) atoms. The third-order valence-corrected chi connectivity index (χ3v) is 5.68. The minimum atomic E-state index is -0.195. The first kappa shape index (κ1) is 18.0. The summed E-state index contributed by atoms with van der Waals surface area (Å²) in [5.74, 6) is 0.588. The third kappa shape index (κ3) is 6.71. The predicted molar refractivity (Wildman–Crippen MR) is 99.1 cm³/mol. The van der Waals surface area contributed by atoms with E-state index in [1.54, 1.807) is 23.5 Å². The molecule has 0 heterocycles. The molecule has 122 valence electrons. The lowest BCUT2D eigenvalue weighted by atomic mass is 10.4. The molecular formula is C19H22O2S2. The molecule has 0 aromatic heterocycles. The fourth-order valence-corrected chi connectivity index (χ4v) is 4.03. The molecule has 0 N–H and O–H groups in total. The number of benzene rings is 2. The van der Waals surface area contributed by atoms with Gasteiger partial charge in [0.1, 0.15) is 5.25 Å². The normalized spacial score (nSPS) is 11.9. The van der Waals surface area contributed by atoms with E-state index in [0.29, 0.717) is 12.4 Å². The van der Waals surface area contributed by atoms with Gasteiger partial charge in [0.05, 0.1) is 6.61 Å². The quantitative estimate of drug-likeness (QED) is 0.350. The zero-order chi connectivity index (χ0) is 16.3. The molecule has 0 fully saturated rings. The van der Waals surface area contributed by atoms with Crippen LogP contribution in [0, 0.1) is 0 Å². The highest BCUT2D eigenvalue weighted by molar-refractivity contribution is 8.04. The molecule has 2 nitrogen and oxygen atoms in total. The maximum absolute atomic E-state index is 12.4. The highest BCUT2D eigenvalue weighted by Crippen LogP contribution is 2.29.